The van der Waals surface area contributed by atoms with Crippen LogP contribution in [0, 0.1) is 0 Å². The molecule has 3 rings (SSSR count). The predicted molar refractivity (Wildman–Crippen MR) is 68.9 cm³/mol. The van der Waals surface area contributed by atoms with Crippen molar-refractivity contribution in [2.24, 2.45) is 0 Å². The highest BCUT2D eigenvalue weighted by Crippen LogP contribution is 2.33. The zero-order valence-electron chi connectivity index (χ0n) is 10.4. The van der Waals surface area contributed by atoms with Gasteiger partial charge in [-0.05, 0) is 31.0 Å². The molecule has 1 N–H and O–H groups in total. The molecule has 0 radical (unpaired) electrons. The first-order valence-corrected chi connectivity index (χ1v) is 6.05. The van der Waals surface area contributed by atoms with Crippen molar-refractivity contribution in [3.8, 4) is 11.5 Å². The van der Waals surface area contributed by atoms with E-state index in [2.05, 4.69) is 4.98 Å². The number of aromatic carboxylic acids is 1. The standard InChI is InChI=1S/C14H13NO4/c1-18-11-5-8-4-9(14(16)17)6-12(13(8)15-7-11)19-10-2-3-10/h4-7,10H,2-3H2,1H3,(H,16,17). The number of rotatable bonds is 4. The summed E-state index contributed by atoms with van der Waals surface area (Å²) in [5.74, 6) is 0.137. The van der Waals surface area contributed by atoms with Gasteiger partial charge in [0.2, 0.25) is 0 Å². The molecule has 0 bridgehead atoms. The van der Waals surface area contributed by atoms with E-state index in [-0.39, 0.29) is 11.7 Å². The molecule has 0 unspecified atom stereocenters. The second kappa shape index (κ2) is 4.42. The third-order valence-electron chi connectivity index (χ3n) is 3.02. The Morgan fingerprint density at radius 2 is 2.16 bits per heavy atom. The van der Waals surface area contributed by atoms with E-state index in [1.165, 1.54) is 6.07 Å². The van der Waals surface area contributed by atoms with E-state index in [4.69, 9.17) is 14.6 Å². The predicted octanol–water partition coefficient (Wildman–Crippen LogP) is 2.48. The molecular weight excluding hydrogens is 246 g/mol. The lowest BCUT2D eigenvalue weighted by Crippen LogP contribution is -2.02. The zero-order valence-corrected chi connectivity index (χ0v) is 10.4. The maximum Gasteiger partial charge on any atom is 0.335 e. The Morgan fingerprint density at radius 1 is 1.37 bits per heavy atom. The van der Waals surface area contributed by atoms with Crippen LogP contribution in [0.1, 0.15) is 23.2 Å². The van der Waals surface area contributed by atoms with E-state index in [0.29, 0.717) is 22.4 Å². The number of carboxylic acids is 1. The van der Waals surface area contributed by atoms with E-state index in [0.717, 1.165) is 12.8 Å². The molecule has 0 aliphatic heterocycles. The lowest BCUT2D eigenvalue weighted by atomic mass is 10.1. The maximum absolute atomic E-state index is 11.1. The van der Waals surface area contributed by atoms with Crippen molar-refractivity contribution in [3.05, 3.63) is 30.0 Å². The molecule has 98 valence electrons. The molecule has 19 heavy (non-hydrogen) atoms. The minimum atomic E-state index is -0.981. The highest BCUT2D eigenvalue weighted by molar-refractivity contribution is 5.96. The third-order valence-corrected chi connectivity index (χ3v) is 3.02. The van der Waals surface area contributed by atoms with Gasteiger partial charge in [0.05, 0.1) is 25.0 Å². The molecular formula is C14H13NO4. The molecule has 1 heterocycles. The van der Waals surface area contributed by atoms with Crippen molar-refractivity contribution in [2.75, 3.05) is 7.11 Å². The second-order valence-electron chi connectivity index (χ2n) is 4.54. The molecule has 1 aromatic heterocycles. The Hall–Kier alpha value is -2.30. The maximum atomic E-state index is 11.1. The molecule has 1 fully saturated rings. The molecule has 5 nitrogen and oxygen atoms in total. The molecule has 1 aliphatic rings. The van der Waals surface area contributed by atoms with Crippen LogP contribution in [0.4, 0.5) is 0 Å². The van der Waals surface area contributed by atoms with Gasteiger partial charge in [-0.1, -0.05) is 0 Å². The Morgan fingerprint density at radius 3 is 2.79 bits per heavy atom. The van der Waals surface area contributed by atoms with Gasteiger partial charge in [-0.2, -0.15) is 0 Å². The number of carbonyl (C=O) groups is 1. The van der Waals surface area contributed by atoms with Gasteiger partial charge in [0.25, 0.3) is 0 Å². The van der Waals surface area contributed by atoms with Crippen LogP contribution in [-0.2, 0) is 0 Å². The fraction of sp³-hybridized carbons (Fsp3) is 0.286. The van der Waals surface area contributed by atoms with E-state index < -0.39 is 5.97 Å². The van der Waals surface area contributed by atoms with Gasteiger partial charge < -0.3 is 14.6 Å². The number of methoxy groups -OCH3 is 1. The number of benzene rings is 1. The van der Waals surface area contributed by atoms with Crippen LogP contribution in [0.25, 0.3) is 10.9 Å². The van der Waals surface area contributed by atoms with Gasteiger partial charge in [0.15, 0.2) is 0 Å². The first-order valence-electron chi connectivity index (χ1n) is 6.05. The van der Waals surface area contributed by atoms with E-state index in [1.807, 2.05) is 0 Å². The third kappa shape index (κ3) is 2.31. The summed E-state index contributed by atoms with van der Waals surface area (Å²) in [7, 11) is 1.55. The van der Waals surface area contributed by atoms with Gasteiger partial charge in [-0.25, -0.2) is 9.78 Å². The number of nitrogens with zero attached hydrogens (tertiary/aromatic N) is 1. The monoisotopic (exact) mass is 259 g/mol. The summed E-state index contributed by atoms with van der Waals surface area (Å²) in [6.07, 6.45) is 3.81. The summed E-state index contributed by atoms with van der Waals surface area (Å²) in [4.78, 5) is 15.4. The second-order valence-corrected chi connectivity index (χ2v) is 4.54. The highest BCUT2D eigenvalue weighted by Gasteiger charge is 2.25. The first kappa shape index (κ1) is 11.8. The molecule has 1 aromatic carbocycles. The largest absolute Gasteiger partial charge is 0.495 e. The number of hydrogen-bond donors (Lipinski definition) is 1. The minimum Gasteiger partial charge on any atom is -0.495 e. The van der Waals surface area contributed by atoms with Gasteiger partial charge in [0.1, 0.15) is 17.0 Å². The van der Waals surface area contributed by atoms with Crippen LogP contribution >= 0.6 is 0 Å². The minimum absolute atomic E-state index is 0.191. The van der Waals surface area contributed by atoms with E-state index in [1.54, 1.807) is 25.4 Å². The topological polar surface area (TPSA) is 68.7 Å². The lowest BCUT2D eigenvalue weighted by molar-refractivity contribution is 0.0696. The van der Waals surface area contributed by atoms with Crippen molar-refractivity contribution in [1.82, 2.24) is 4.98 Å². The first-order chi connectivity index (χ1) is 9.17. The summed E-state index contributed by atoms with van der Waals surface area (Å²) in [6, 6.07) is 4.87. The summed E-state index contributed by atoms with van der Waals surface area (Å²) in [5, 5.41) is 9.84. The number of hydrogen-bond acceptors (Lipinski definition) is 4. The van der Waals surface area contributed by atoms with Gasteiger partial charge in [0, 0.05) is 5.39 Å². The van der Waals surface area contributed by atoms with Gasteiger partial charge in [-0.3, -0.25) is 0 Å². The van der Waals surface area contributed by atoms with Gasteiger partial charge in [-0.15, -0.1) is 0 Å². The van der Waals surface area contributed by atoms with Crippen molar-refractivity contribution in [3.63, 3.8) is 0 Å². The Balaban J connectivity index is 2.16. The van der Waals surface area contributed by atoms with Crippen LogP contribution in [0.3, 0.4) is 0 Å². The van der Waals surface area contributed by atoms with Crippen molar-refractivity contribution >= 4 is 16.9 Å². The molecule has 1 saturated carbocycles. The Labute approximate surface area is 109 Å². The SMILES string of the molecule is COc1cnc2c(OC3CC3)cc(C(=O)O)cc2c1. The number of fused-ring (bicyclic) bond motifs is 1. The molecule has 0 atom stereocenters. The van der Waals surface area contributed by atoms with Crippen molar-refractivity contribution in [1.29, 1.82) is 0 Å². The Bertz CT molecular complexity index is 649. The Kier molecular flexibility index (Phi) is 2.74. The quantitative estimate of drug-likeness (QED) is 0.913. The molecule has 0 amide bonds. The highest BCUT2D eigenvalue weighted by atomic mass is 16.5. The summed E-state index contributed by atoms with van der Waals surface area (Å²) < 4.78 is 10.8. The van der Waals surface area contributed by atoms with Crippen LogP contribution in [0.5, 0.6) is 11.5 Å². The van der Waals surface area contributed by atoms with Crippen LogP contribution in [-0.4, -0.2) is 29.3 Å². The number of carboxylic acid groups (broad SMARTS) is 1. The number of ether oxygens (including phenoxy) is 2. The average Bonchev–Trinajstić information content (AvgIpc) is 3.21. The lowest BCUT2D eigenvalue weighted by Gasteiger charge is -2.10. The van der Waals surface area contributed by atoms with Crippen molar-refractivity contribution in [2.45, 2.75) is 18.9 Å². The summed E-state index contributed by atoms with van der Waals surface area (Å²) in [6.45, 7) is 0. The van der Waals surface area contributed by atoms with Crippen LogP contribution in [0.15, 0.2) is 24.4 Å². The zero-order chi connectivity index (χ0) is 13.4. The molecule has 0 saturated heterocycles. The molecule has 5 heteroatoms. The normalized spacial score (nSPS) is 14.4. The van der Waals surface area contributed by atoms with E-state index in [9.17, 15) is 4.79 Å². The smallest absolute Gasteiger partial charge is 0.335 e. The molecule has 1 aliphatic carbocycles. The van der Waals surface area contributed by atoms with E-state index >= 15 is 0 Å². The average molecular weight is 259 g/mol. The van der Waals surface area contributed by atoms with Crippen LogP contribution in [0.2, 0.25) is 0 Å². The van der Waals surface area contributed by atoms with Gasteiger partial charge >= 0.3 is 5.97 Å². The molecule has 0 spiro atoms. The van der Waals surface area contributed by atoms with Crippen LogP contribution < -0.4 is 9.47 Å². The fourth-order valence-corrected chi connectivity index (χ4v) is 1.89. The summed E-state index contributed by atoms with van der Waals surface area (Å²) in [5.41, 5.74) is 0.857. The fourth-order valence-electron chi connectivity index (χ4n) is 1.89. The molecule has 2 aromatic rings. The summed E-state index contributed by atoms with van der Waals surface area (Å²) >= 11 is 0. The number of pyridine rings is 1. The number of aromatic nitrogens is 1. The van der Waals surface area contributed by atoms with Crippen molar-refractivity contribution < 1.29 is 19.4 Å².